The summed E-state index contributed by atoms with van der Waals surface area (Å²) in [5.74, 6) is -0.285. The maximum absolute atomic E-state index is 13.1. The maximum Gasteiger partial charge on any atom is 0.404 e. The molecule has 0 radical (unpaired) electrons. The van der Waals surface area contributed by atoms with Gasteiger partial charge in [0.15, 0.2) is 5.01 Å². The van der Waals surface area contributed by atoms with Crippen molar-refractivity contribution in [2.45, 2.75) is 57.3 Å². The SMILES string of the molecule is CCC(NS(=O)(=O)c1ccc(-c2sc(-c3noc(CC(C)(C)C(=O)OC)n3)nc2CO)c(Cl)c1Cl)C(F)(F)F. The molecule has 0 fully saturated rings. The number of sulfonamides is 1. The molecular formula is C22H23Cl2F3N4O6S2. The minimum absolute atomic E-state index is 0.0555. The van der Waals surface area contributed by atoms with Crippen molar-refractivity contribution in [1.29, 1.82) is 0 Å². The number of aromatic nitrogens is 3. The van der Waals surface area contributed by atoms with Crippen LogP contribution >= 0.6 is 34.5 Å². The van der Waals surface area contributed by atoms with E-state index in [0.29, 0.717) is 4.88 Å². The van der Waals surface area contributed by atoms with Crippen molar-refractivity contribution in [3.8, 4) is 21.3 Å². The number of esters is 1. The third-order valence-electron chi connectivity index (χ3n) is 5.52. The number of alkyl halides is 3. The minimum Gasteiger partial charge on any atom is -0.469 e. The fourth-order valence-electron chi connectivity index (χ4n) is 3.45. The van der Waals surface area contributed by atoms with Crippen LogP contribution in [-0.4, -0.2) is 53.9 Å². The molecule has 0 saturated carbocycles. The number of nitrogens with one attached hydrogen (secondary N) is 1. The van der Waals surface area contributed by atoms with Gasteiger partial charge in [-0.2, -0.15) is 22.9 Å². The van der Waals surface area contributed by atoms with Crippen molar-refractivity contribution in [3.05, 3.63) is 33.8 Å². The summed E-state index contributed by atoms with van der Waals surface area (Å²) in [6, 6.07) is -0.0642. The Labute approximate surface area is 235 Å². The number of thiazole rings is 1. The molecular weight excluding hydrogens is 608 g/mol. The third-order valence-corrected chi connectivity index (χ3v) is 9.15. The standard InChI is InChI=1S/C22H23Cl2F3N4O6S2/c1-5-13(22(25,26)27)31-39(34,35)12-7-6-10(15(23)16(12)24)17-11(9-32)28-19(38-17)18-29-14(37-30-18)8-21(2,3)20(33)36-4/h6-7,13,31-32H,5,8-9H2,1-4H3. The van der Waals surface area contributed by atoms with Crippen LogP contribution in [0.3, 0.4) is 0 Å². The van der Waals surface area contributed by atoms with E-state index in [4.69, 9.17) is 32.5 Å². The molecule has 2 heterocycles. The van der Waals surface area contributed by atoms with Crippen LogP contribution in [0.25, 0.3) is 21.3 Å². The number of nitrogens with zero attached hydrogens (tertiary/aromatic N) is 3. The lowest BCUT2D eigenvalue weighted by Gasteiger charge is -2.20. The van der Waals surface area contributed by atoms with Crippen molar-refractivity contribution >= 4 is 50.5 Å². The Balaban J connectivity index is 1.97. The van der Waals surface area contributed by atoms with Crippen molar-refractivity contribution < 1.29 is 40.8 Å². The van der Waals surface area contributed by atoms with Crippen LogP contribution in [0.1, 0.15) is 38.8 Å². The molecule has 0 amide bonds. The number of hydrogen-bond acceptors (Lipinski definition) is 10. The smallest absolute Gasteiger partial charge is 0.404 e. The van der Waals surface area contributed by atoms with E-state index in [1.165, 1.54) is 20.1 Å². The zero-order valence-corrected chi connectivity index (χ0v) is 24.0. The Morgan fingerprint density at radius 3 is 2.46 bits per heavy atom. The second-order valence-electron chi connectivity index (χ2n) is 8.88. The number of benzene rings is 1. The molecule has 214 valence electrons. The summed E-state index contributed by atoms with van der Waals surface area (Å²) in [5.41, 5.74) is -0.640. The van der Waals surface area contributed by atoms with Gasteiger partial charge in [-0.3, -0.25) is 4.79 Å². The molecule has 3 aromatic rings. The highest BCUT2D eigenvalue weighted by Crippen LogP contribution is 2.43. The Bertz CT molecular complexity index is 1470. The van der Waals surface area contributed by atoms with Gasteiger partial charge in [0.05, 0.1) is 39.7 Å². The maximum atomic E-state index is 13.1. The normalized spacial score (nSPS) is 13.5. The summed E-state index contributed by atoms with van der Waals surface area (Å²) in [5, 5.41) is 13.2. The molecule has 17 heteroatoms. The van der Waals surface area contributed by atoms with E-state index in [1.54, 1.807) is 18.6 Å². The predicted molar refractivity (Wildman–Crippen MR) is 137 cm³/mol. The van der Waals surface area contributed by atoms with Crippen molar-refractivity contribution in [1.82, 2.24) is 19.8 Å². The fraction of sp³-hybridized carbons (Fsp3) is 0.455. The second kappa shape index (κ2) is 11.7. The van der Waals surface area contributed by atoms with Gasteiger partial charge in [-0.05, 0) is 26.3 Å². The zero-order chi connectivity index (χ0) is 29.3. The molecule has 0 saturated heterocycles. The molecule has 2 aromatic heterocycles. The van der Waals surface area contributed by atoms with Crippen molar-refractivity contribution in [2.24, 2.45) is 5.41 Å². The van der Waals surface area contributed by atoms with E-state index >= 15 is 0 Å². The van der Waals surface area contributed by atoms with Gasteiger partial charge in [-0.25, -0.2) is 13.4 Å². The summed E-state index contributed by atoms with van der Waals surface area (Å²) < 4.78 is 76.4. The summed E-state index contributed by atoms with van der Waals surface area (Å²) in [7, 11) is -3.43. The van der Waals surface area contributed by atoms with Gasteiger partial charge in [0.1, 0.15) is 10.9 Å². The number of methoxy groups -OCH3 is 1. The summed E-state index contributed by atoms with van der Waals surface area (Å²) in [6.07, 6.45) is -5.26. The molecule has 0 aliphatic heterocycles. The molecule has 1 aromatic carbocycles. The first-order chi connectivity index (χ1) is 18.1. The molecule has 3 rings (SSSR count). The number of hydrogen-bond donors (Lipinski definition) is 2. The van der Waals surface area contributed by atoms with Crippen molar-refractivity contribution in [3.63, 3.8) is 0 Å². The number of aliphatic hydroxyl groups is 1. The van der Waals surface area contributed by atoms with Gasteiger partial charge in [0, 0.05) is 12.0 Å². The van der Waals surface area contributed by atoms with E-state index in [-0.39, 0.29) is 39.4 Å². The molecule has 39 heavy (non-hydrogen) atoms. The fourth-order valence-corrected chi connectivity index (χ4v) is 6.71. The number of aliphatic hydroxyl groups excluding tert-OH is 1. The Morgan fingerprint density at radius 2 is 1.90 bits per heavy atom. The van der Waals surface area contributed by atoms with Gasteiger partial charge < -0.3 is 14.4 Å². The lowest BCUT2D eigenvalue weighted by atomic mass is 9.89. The molecule has 10 nitrogen and oxygen atoms in total. The van der Waals surface area contributed by atoms with Crippen LogP contribution in [0.5, 0.6) is 0 Å². The van der Waals surface area contributed by atoms with Gasteiger partial charge >= 0.3 is 12.1 Å². The highest BCUT2D eigenvalue weighted by Gasteiger charge is 2.41. The van der Waals surface area contributed by atoms with E-state index in [1.807, 2.05) is 0 Å². The van der Waals surface area contributed by atoms with Gasteiger partial charge in [0.25, 0.3) is 0 Å². The van der Waals surface area contributed by atoms with Crippen LogP contribution in [0.2, 0.25) is 10.0 Å². The second-order valence-corrected chi connectivity index (χ2v) is 12.3. The quantitative estimate of drug-likeness (QED) is 0.295. The van der Waals surface area contributed by atoms with Crippen LogP contribution < -0.4 is 4.72 Å². The predicted octanol–water partition coefficient (Wildman–Crippen LogP) is 5.02. The van der Waals surface area contributed by atoms with E-state index < -0.39 is 56.6 Å². The number of carbonyl (C=O) groups excluding carboxylic acids is 1. The number of carbonyl (C=O) groups is 1. The number of ether oxygens (including phenoxy) is 1. The van der Waals surface area contributed by atoms with E-state index in [2.05, 4.69) is 15.1 Å². The summed E-state index contributed by atoms with van der Waals surface area (Å²) in [6.45, 7) is 3.92. The first kappa shape index (κ1) is 31.2. The molecule has 0 aliphatic carbocycles. The average Bonchev–Trinajstić information content (AvgIpc) is 3.49. The number of rotatable bonds is 10. The first-order valence-corrected chi connectivity index (χ1v) is 14.2. The highest BCUT2D eigenvalue weighted by molar-refractivity contribution is 7.89. The number of halogens is 5. The molecule has 0 bridgehead atoms. The molecule has 0 aliphatic rings. The van der Waals surface area contributed by atoms with Crippen LogP contribution in [0, 0.1) is 5.41 Å². The van der Waals surface area contributed by atoms with Crippen LogP contribution in [-0.2, 0) is 32.6 Å². The largest absolute Gasteiger partial charge is 0.469 e. The molecule has 0 spiro atoms. The Kier molecular flexibility index (Phi) is 9.34. The lowest BCUT2D eigenvalue weighted by Crippen LogP contribution is -2.44. The molecule has 1 unspecified atom stereocenters. The van der Waals surface area contributed by atoms with E-state index in [0.717, 1.165) is 17.4 Å². The van der Waals surface area contributed by atoms with Gasteiger partial charge in [-0.1, -0.05) is 41.3 Å². The van der Waals surface area contributed by atoms with E-state index in [9.17, 15) is 31.5 Å². The Morgan fingerprint density at radius 1 is 1.23 bits per heavy atom. The first-order valence-electron chi connectivity index (χ1n) is 11.1. The van der Waals surface area contributed by atoms with Gasteiger partial charge in [-0.15, -0.1) is 11.3 Å². The highest BCUT2D eigenvalue weighted by atomic mass is 35.5. The lowest BCUT2D eigenvalue weighted by molar-refractivity contribution is -0.152. The minimum atomic E-state index is -4.81. The van der Waals surface area contributed by atoms with Crippen molar-refractivity contribution in [2.75, 3.05) is 7.11 Å². The topological polar surface area (TPSA) is 145 Å². The Hall–Kier alpha value is -2.30. The van der Waals surface area contributed by atoms with Crippen LogP contribution in [0.15, 0.2) is 21.6 Å². The van der Waals surface area contributed by atoms with Gasteiger partial charge in [0.2, 0.25) is 21.7 Å². The average molecular weight is 631 g/mol. The zero-order valence-electron chi connectivity index (χ0n) is 20.9. The monoisotopic (exact) mass is 630 g/mol. The molecule has 1 atom stereocenters. The third kappa shape index (κ3) is 6.72. The summed E-state index contributed by atoms with van der Waals surface area (Å²) in [4.78, 5) is 20.1. The molecule has 2 N–H and O–H groups in total. The van der Waals surface area contributed by atoms with Crippen LogP contribution in [0.4, 0.5) is 13.2 Å². The summed E-state index contributed by atoms with van der Waals surface area (Å²) >= 11 is 13.5.